The van der Waals surface area contributed by atoms with Gasteiger partial charge in [0.25, 0.3) is 0 Å². The van der Waals surface area contributed by atoms with Crippen LogP contribution in [0.5, 0.6) is 0 Å². The highest BCUT2D eigenvalue weighted by atomic mass is 19.1. The molecule has 0 atom stereocenters. The zero-order valence-electron chi connectivity index (χ0n) is 16.2. The van der Waals surface area contributed by atoms with Crippen molar-refractivity contribution >= 4 is 11.8 Å². The van der Waals surface area contributed by atoms with Crippen LogP contribution in [0.15, 0.2) is 36.5 Å². The van der Waals surface area contributed by atoms with E-state index < -0.39 is 11.6 Å². The number of nitrogens with one attached hydrogen (secondary N) is 1. The average Bonchev–Trinajstić information content (AvgIpc) is 2.69. The number of pyridine rings is 1. The van der Waals surface area contributed by atoms with Gasteiger partial charge in [-0.25, -0.2) is 18.6 Å². The third kappa shape index (κ3) is 5.16. The number of urea groups is 1. The van der Waals surface area contributed by atoms with Crippen molar-refractivity contribution in [1.29, 1.82) is 0 Å². The lowest BCUT2D eigenvalue weighted by atomic mass is 10.2. The smallest absolute Gasteiger partial charge is 0.317 e. The number of piperazine rings is 1. The number of likely N-dealkylation sites (N-methyl/N-ethyl adjacent to an activating group) is 1. The van der Waals surface area contributed by atoms with Gasteiger partial charge in [-0.1, -0.05) is 12.1 Å². The van der Waals surface area contributed by atoms with Crippen LogP contribution in [0.1, 0.15) is 11.1 Å². The van der Waals surface area contributed by atoms with Crippen LogP contribution in [-0.2, 0) is 13.1 Å². The lowest BCUT2D eigenvalue weighted by Crippen LogP contribution is -2.44. The van der Waals surface area contributed by atoms with Gasteiger partial charge in [0.2, 0.25) is 0 Å². The molecule has 8 heteroatoms. The fraction of sp³-hybridized carbons (Fsp3) is 0.400. The van der Waals surface area contributed by atoms with E-state index in [2.05, 4.69) is 27.1 Å². The number of aromatic nitrogens is 1. The molecule has 0 radical (unpaired) electrons. The largest absolute Gasteiger partial charge is 0.354 e. The summed E-state index contributed by atoms with van der Waals surface area (Å²) in [6.07, 6.45) is 1.76. The number of halogens is 2. The molecular formula is C20H25F2N5O. The van der Waals surface area contributed by atoms with Crippen molar-refractivity contribution < 1.29 is 13.6 Å². The minimum atomic E-state index is -0.664. The summed E-state index contributed by atoms with van der Waals surface area (Å²) in [5, 5.41) is 2.78. The first-order valence-electron chi connectivity index (χ1n) is 9.23. The summed E-state index contributed by atoms with van der Waals surface area (Å²) in [6.45, 7) is 4.30. The molecule has 28 heavy (non-hydrogen) atoms. The molecule has 0 saturated carbocycles. The summed E-state index contributed by atoms with van der Waals surface area (Å²) in [5.74, 6) is -0.365. The number of carbonyl (C=O) groups excluding carboxylic acids is 1. The van der Waals surface area contributed by atoms with E-state index in [-0.39, 0.29) is 18.1 Å². The van der Waals surface area contributed by atoms with E-state index >= 15 is 0 Å². The van der Waals surface area contributed by atoms with Crippen molar-refractivity contribution in [2.24, 2.45) is 0 Å². The molecule has 1 aromatic carbocycles. The van der Waals surface area contributed by atoms with E-state index in [0.29, 0.717) is 6.54 Å². The van der Waals surface area contributed by atoms with Crippen LogP contribution >= 0.6 is 0 Å². The van der Waals surface area contributed by atoms with Crippen molar-refractivity contribution in [3.05, 3.63) is 59.3 Å². The molecule has 1 saturated heterocycles. The van der Waals surface area contributed by atoms with E-state index in [1.165, 1.54) is 17.0 Å². The van der Waals surface area contributed by atoms with Gasteiger partial charge in [-0.2, -0.15) is 0 Å². The third-order valence-corrected chi connectivity index (χ3v) is 4.85. The van der Waals surface area contributed by atoms with E-state index in [1.807, 2.05) is 12.1 Å². The second-order valence-corrected chi connectivity index (χ2v) is 7.07. The van der Waals surface area contributed by atoms with Crippen LogP contribution in [0.2, 0.25) is 0 Å². The molecule has 3 rings (SSSR count). The molecular weight excluding hydrogens is 364 g/mol. The summed E-state index contributed by atoms with van der Waals surface area (Å²) < 4.78 is 26.7. The highest BCUT2D eigenvalue weighted by Gasteiger charge is 2.15. The van der Waals surface area contributed by atoms with Gasteiger partial charge in [0, 0.05) is 64.1 Å². The molecule has 1 aliphatic heterocycles. The molecule has 0 spiro atoms. The van der Waals surface area contributed by atoms with Crippen LogP contribution in [0.25, 0.3) is 0 Å². The summed E-state index contributed by atoms with van der Waals surface area (Å²) in [6, 6.07) is 6.90. The predicted octanol–water partition coefficient (Wildman–Crippen LogP) is 2.45. The lowest BCUT2D eigenvalue weighted by molar-refractivity contribution is 0.206. The second-order valence-electron chi connectivity index (χ2n) is 7.07. The molecule has 1 aliphatic rings. The standard InChI is InChI=1S/C20H25F2N5O/c1-25-7-9-27(10-8-25)19-6-3-15(12-23-19)13-24-20(28)26(2)14-16-4-5-17(21)11-18(16)22/h3-6,11-12H,7-10,13-14H2,1-2H3,(H,24,28). The molecule has 0 aliphatic carbocycles. The molecule has 0 bridgehead atoms. The van der Waals surface area contributed by atoms with Gasteiger partial charge in [0.15, 0.2) is 0 Å². The third-order valence-electron chi connectivity index (χ3n) is 4.85. The first-order valence-corrected chi connectivity index (χ1v) is 9.23. The molecule has 1 fully saturated rings. The van der Waals surface area contributed by atoms with Gasteiger partial charge in [-0.05, 0) is 24.7 Å². The Labute approximate surface area is 163 Å². The maximum absolute atomic E-state index is 13.7. The van der Waals surface area contributed by atoms with Gasteiger partial charge in [0.05, 0.1) is 0 Å². The van der Waals surface area contributed by atoms with Gasteiger partial charge in [-0.15, -0.1) is 0 Å². The van der Waals surface area contributed by atoms with Crippen LogP contribution < -0.4 is 10.2 Å². The number of carbonyl (C=O) groups is 1. The number of benzene rings is 1. The highest BCUT2D eigenvalue weighted by molar-refractivity contribution is 5.73. The Morgan fingerprint density at radius 3 is 2.57 bits per heavy atom. The number of amides is 2. The molecule has 2 aromatic rings. The van der Waals surface area contributed by atoms with E-state index in [4.69, 9.17) is 0 Å². The van der Waals surface area contributed by atoms with E-state index in [0.717, 1.165) is 43.6 Å². The van der Waals surface area contributed by atoms with Crippen molar-refractivity contribution in [1.82, 2.24) is 20.1 Å². The van der Waals surface area contributed by atoms with Gasteiger partial charge < -0.3 is 20.0 Å². The summed E-state index contributed by atoms with van der Waals surface area (Å²) >= 11 is 0. The number of hydrogen-bond donors (Lipinski definition) is 1. The van der Waals surface area contributed by atoms with Crippen LogP contribution in [0.3, 0.4) is 0 Å². The Morgan fingerprint density at radius 2 is 1.93 bits per heavy atom. The van der Waals surface area contributed by atoms with Crippen molar-refractivity contribution in [3.8, 4) is 0 Å². The quantitative estimate of drug-likeness (QED) is 0.854. The molecule has 0 unspecified atom stereocenters. The summed E-state index contributed by atoms with van der Waals surface area (Å²) in [4.78, 5) is 22.6. The van der Waals surface area contributed by atoms with Crippen LogP contribution in [0.4, 0.5) is 19.4 Å². The minimum Gasteiger partial charge on any atom is -0.354 e. The fourth-order valence-electron chi connectivity index (χ4n) is 3.03. The van der Waals surface area contributed by atoms with Gasteiger partial charge in [-0.3, -0.25) is 0 Å². The summed E-state index contributed by atoms with van der Waals surface area (Å²) in [7, 11) is 3.67. The molecule has 6 nitrogen and oxygen atoms in total. The second kappa shape index (κ2) is 8.97. The highest BCUT2D eigenvalue weighted by Crippen LogP contribution is 2.14. The zero-order valence-corrected chi connectivity index (χ0v) is 16.2. The molecule has 150 valence electrons. The van der Waals surface area contributed by atoms with Crippen LogP contribution in [0, 0.1) is 11.6 Å². The monoisotopic (exact) mass is 389 g/mol. The maximum atomic E-state index is 13.7. The Bertz CT molecular complexity index is 807. The van der Waals surface area contributed by atoms with E-state index in [9.17, 15) is 13.6 Å². The number of nitrogens with zero attached hydrogens (tertiary/aromatic N) is 4. The first kappa shape index (κ1) is 20.0. The first-order chi connectivity index (χ1) is 13.4. The van der Waals surface area contributed by atoms with Crippen LogP contribution in [-0.4, -0.2) is 61.1 Å². The fourth-order valence-corrected chi connectivity index (χ4v) is 3.03. The van der Waals surface area contributed by atoms with E-state index in [1.54, 1.807) is 13.2 Å². The normalized spacial score (nSPS) is 14.8. The summed E-state index contributed by atoms with van der Waals surface area (Å²) in [5.41, 5.74) is 1.14. The predicted molar refractivity (Wildman–Crippen MR) is 104 cm³/mol. The minimum absolute atomic E-state index is 0.0541. The van der Waals surface area contributed by atoms with Gasteiger partial charge in [0.1, 0.15) is 17.5 Å². The molecule has 2 heterocycles. The average molecular weight is 389 g/mol. The van der Waals surface area contributed by atoms with Crippen molar-refractivity contribution in [3.63, 3.8) is 0 Å². The van der Waals surface area contributed by atoms with Gasteiger partial charge >= 0.3 is 6.03 Å². The maximum Gasteiger partial charge on any atom is 0.317 e. The molecule has 1 aromatic heterocycles. The number of anilines is 1. The molecule has 1 N–H and O–H groups in total. The number of rotatable bonds is 5. The van der Waals surface area contributed by atoms with Crippen molar-refractivity contribution in [2.75, 3.05) is 45.2 Å². The SMILES string of the molecule is CN1CCN(c2ccc(CNC(=O)N(C)Cc3ccc(F)cc3F)cn2)CC1. The lowest BCUT2D eigenvalue weighted by Gasteiger charge is -2.33. The Hall–Kier alpha value is -2.74. The topological polar surface area (TPSA) is 51.7 Å². The molecule has 2 amide bonds. The zero-order chi connectivity index (χ0) is 20.1. The Kier molecular flexibility index (Phi) is 6.41. The Morgan fingerprint density at radius 1 is 1.18 bits per heavy atom. The van der Waals surface area contributed by atoms with Crippen molar-refractivity contribution in [2.45, 2.75) is 13.1 Å². The number of hydrogen-bond acceptors (Lipinski definition) is 4. The Balaban J connectivity index is 1.49.